The molecule has 0 bridgehead atoms. The number of oxazole rings is 1. The molecule has 1 aromatic heterocycles. The van der Waals surface area contributed by atoms with E-state index in [2.05, 4.69) is 18.0 Å². The van der Waals surface area contributed by atoms with E-state index in [1.165, 1.54) is 5.56 Å². The van der Waals surface area contributed by atoms with Crippen LogP contribution in [0.15, 0.2) is 40.8 Å². The first-order chi connectivity index (χ1) is 15.4. The van der Waals surface area contributed by atoms with Gasteiger partial charge in [0.1, 0.15) is 11.5 Å². The van der Waals surface area contributed by atoms with E-state index < -0.39 is 0 Å². The first-order valence-corrected chi connectivity index (χ1v) is 11.1. The maximum atomic E-state index is 11.6. The summed E-state index contributed by atoms with van der Waals surface area (Å²) >= 11 is 0. The number of ether oxygens (including phenoxy) is 2. The number of esters is 1. The van der Waals surface area contributed by atoms with Gasteiger partial charge in [0.15, 0.2) is 0 Å². The van der Waals surface area contributed by atoms with Gasteiger partial charge in [-0.1, -0.05) is 19.1 Å². The molecule has 0 aliphatic heterocycles. The van der Waals surface area contributed by atoms with Crippen molar-refractivity contribution >= 4 is 11.7 Å². The zero-order chi connectivity index (χ0) is 23.1. The second-order valence-electron chi connectivity index (χ2n) is 7.78. The molecule has 0 spiro atoms. The summed E-state index contributed by atoms with van der Waals surface area (Å²) in [5.41, 5.74) is 11.9. The number of aromatic nitrogens is 1. The minimum atomic E-state index is -0.162. The molecule has 0 atom stereocenters. The fourth-order valence-corrected chi connectivity index (χ4v) is 3.56. The standard InChI is InChI=1S/C26H32N2O4/c1-5-19-15-22(11-9-20(19)10-12-25(29)30-6-2)31-14-13-24-18(4)32-26(28-24)21-8-7-17(3)23(27)16-21/h7-9,11,15-16H,5-6,10,12-14,27H2,1-4H3. The van der Waals surface area contributed by atoms with Gasteiger partial charge in [0.2, 0.25) is 5.89 Å². The van der Waals surface area contributed by atoms with E-state index in [4.69, 9.17) is 19.6 Å². The second-order valence-corrected chi connectivity index (χ2v) is 7.78. The van der Waals surface area contributed by atoms with Crippen molar-refractivity contribution in [2.45, 2.75) is 53.4 Å². The molecule has 0 radical (unpaired) electrons. The molecule has 3 rings (SSSR count). The SMILES string of the molecule is CCOC(=O)CCc1ccc(OCCc2nc(-c3ccc(C)c(N)c3)oc2C)cc1CC. The van der Waals surface area contributed by atoms with Crippen LogP contribution in [0.3, 0.4) is 0 Å². The molecule has 1 heterocycles. The number of rotatable bonds is 10. The third-order valence-electron chi connectivity index (χ3n) is 5.49. The Labute approximate surface area is 189 Å². The average Bonchev–Trinajstić information content (AvgIpc) is 3.15. The van der Waals surface area contributed by atoms with Crippen LogP contribution < -0.4 is 10.5 Å². The number of nitrogen functional groups attached to an aromatic ring is 1. The van der Waals surface area contributed by atoms with Crippen LogP contribution in [-0.4, -0.2) is 24.2 Å². The summed E-state index contributed by atoms with van der Waals surface area (Å²) in [7, 11) is 0. The number of anilines is 1. The van der Waals surface area contributed by atoms with Crippen molar-refractivity contribution in [2.75, 3.05) is 18.9 Å². The molecule has 0 unspecified atom stereocenters. The zero-order valence-corrected chi connectivity index (χ0v) is 19.4. The van der Waals surface area contributed by atoms with Crippen molar-refractivity contribution in [3.8, 4) is 17.2 Å². The van der Waals surface area contributed by atoms with Crippen LogP contribution in [0.1, 0.15) is 48.4 Å². The summed E-state index contributed by atoms with van der Waals surface area (Å²) in [4.78, 5) is 16.3. The van der Waals surface area contributed by atoms with Gasteiger partial charge in [-0.05, 0) is 74.6 Å². The highest BCUT2D eigenvalue weighted by molar-refractivity contribution is 5.69. The van der Waals surface area contributed by atoms with E-state index in [9.17, 15) is 4.79 Å². The monoisotopic (exact) mass is 436 g/mol. The number of hydrogen-bond donors (Lipinski definition) is 1. The average molecular weight is 437 g/mol. The molecule has 0 saturated heterocycles. The van der Waals surface area contributed by atoms with Gasteiger partial charge in [-0.2, -0.15) is 0 Å². The molecule has 2 N–H and O–H groups in total. The Hall–Kier alpha value is -3.28. The van der Waals surface area contributed by atoms with Gasteiger partial charge in [-0.15, -0.1) is 0 Å². The zero-order valence-electron chi connectivity index (χ0n) is 19.4. The molecule has 0 saturated carbocycles. The Morgan fingerprint density at radius 3 is 2.59 bits per heavy atom. The van der Waals surface area contributed by atoms with Gasteiger partial charge in [-0.25, -0.2) is 4.98 Å². The maximum absolute atomic E-state index is 11.6. The number of carbonyl (C=O) groups is 1. The lowest BCUT2D eigenvalue weighted by molar-refractivity contribution is -0.143. The third-order valence-corrected chi connectivity index (χ3v) is 5.49. The first kappa shape index (κ1) is 23.4. The predicted molar refractivity (Wildman–Crippen MR) is 126 cm³/mol. The molecule has 2 aromatic carbocycles. The summed E-state index contributed by atoms with van der Waals surface area (Å²) < 4.78 is 16.9. The van der Waals surface area contributed by atoms with E-state index in [-0.39, 0.29) is 5.97 Å². The quantitative estimate of drug-likeness (QED) is 0.346. The molecule has 6 nitrogen and oxygen atoms in total. The molecule has 170 valence electrons. The summed E-state index contributed by atoms with van der Waals surface area (Å²) in [5, 5.41) is 0. The van der Waals surface area contributed by atoms with E-state index in [1.807, 2.05) is 51.1 Å². The number of carbonyl (C=O) groups excluding carboxylic acids is 1. The minimum absolute atomic E-state index is 0.162. The van der Waals surface area contributed by atoms with Gasteiger partial charge in [0, 0.05) is 24.1 Å². The molecule has 0 amide bonds. The summed E-state index contributed by atoms with van der Waals surface area (Å²) in [5.74, 6) is 2.01. The Kier molecular flexibility index (Phi) is 7.92. The fraction of sp³-hybridized carbons (Fsp3) is 0.385. The Morgan fingerprint density at radius 2 is 1.88 bits per heavy atom. The molecular weight excluding hydrogens is 404 g/mol. The van der Waals surface area contributed by atoms with E-state index in [0.29, 0.717) is 38.4 Å². The van der Waals surface area contributed by atoms with Crippen molar-refractivity contribution in [3.63, 3.8) is 0 Å². The molecule has 0 aliphatic rings. The smallest absolute Gasteiger partial charge is 0.306 e. The Morgan fingerprint density at radius 1 is 1.06 bits per heavy atom. The third kappa shape index (κ3) is 5.90. The van der Waals surface area contributed by atoms with Crippen molar-refractivity contribution in [1.82, 2.24) is 4.98 Å². The Bertz CT molecular complexity index is 1070. The minimum Gasteiger partial charge on any atom is -0.493 e. The van der Waals surface area contributed by atoms with Crippen LogP contribution in [0.4, 0.5) is 5.69 Å². The summed E-state index contributed by atoms with van der Waals surface area (Å²) in [6, 6.07) is 11.9. The van der Waals surface area contributed by atoms with Crippen LogP contribution in [0.25, 0.3) is 11.5 Å². The van der Waals surface area contributed by atoms with E-state index in [0.717, 1.165) is 46.0 Å². The number of hydrogen-bond acceptors (Lipinski definition) is 6. The normalized spacial score (nSPS) is 10.9. The van der Waals surface area contributed by atoms with E-state index in [1.54, 1.807) is 0 Å². The number of aryl methyl sites for hydroxylation is 4. The van der Waals surface area contributed by atoms with Crippen molar-refractivity contribution in [1.29, 1.82) is 0 Å². The molecule has 3 aromatic rings. The summed E-state index contributed by atoms with van der Waals surface area (Å²) in [6.45, 7) is 8.72. The lowest BCUT2D eigenvalue weighted by atomic mass is 10.0. The van der Waals surface area contributed by atoms with E-state index >= 15 is 0 Å². The largest absolute Gasteiger partial charge is 0.493 e. The van der Waals surface area contributed by atoms with Gasteiger partial charge in [-0.3, -0.25) is 4.79 Å². The number of nitrogens with zero attached hydrogens (tertiary/aromatic N) is 1. The van der Waals surface area contributed by atoms with Gasteiger partial charge in [0.25, 0.3) is 0 Å². The lowest BCUT2D eigenvalue weighted by Crippen LogP contribution is -2.07. The summed E-state index contributed by atoms with van der Waals surface area (Å²) in [6.07, 6.45) is 2.58. The van der Waals surface area contributed by atoms with Gasteiger partial charge < -0.3 is 19.6 Å². The van der Waals surface area contributed by atoms with Gasteiger partial charge >= 0.3 is 5.97 Å². The molecule has 6 heteroatoms. The highest BCUT2D eigenvalue weighted by atomic mass is 16.5. The van der Waals surface area contributed by atoms with Crippen molar-refractivity contribution in [2.24, 2.45) is 0 Å². The van der Waals surface area contributed by atoms with Crippen LogP contribution in [0.5, 0.6) is 5.75 Å². The number of benzene rings is 2. The first-order valence-electron chi connectivity index (χ1n) is 11.1. The van der Waals surface area contributed by atoms with Crippen LogP contribution in [0, 0.1) is 13.8 Å². The highest BCUT2D eigenvalue weighted by Gasteiger charge is 2.13. The van der Waals surface area contributed by atoms with Crippen LogP contribution in [0.2, 0.25) is 0 Å². The van der Waals surface area contributed by atoms with Gasteiger partial charge in [0.05, 0.1) is 18.9 Å². The maximum Gasteiger partial charge on any atom is 0.306 e. The van der Waals surface area contributed by atoms with Crippen LogP contribution in [-0.2, 0) is 28.8 Å². The number of nitrogens with two attached hydrogens (primary N) is 1. The lowest BCUT2D eigenvalue weighted by Gasteiger charge is -2.11. The molecule has 0 fully saturated rings. The molecule has 32 heavy (non-hydrogen) atoms. The topological polar surface area (TPSA) is 87.6 Å². The Balaban J connectivity index is 1.59. The predicted octanol–water partition coefficient (Wildman–Crippen LogP) is 5.22. The second kappa shape index (κ2) is 10.8. The van der Waals surface area contributed by atoms with Crippen LogP contribution >= 0.6 is 0 Å². The molecular formula is C26H32N2O4. The fourth-order valence-electron chi connectivity index (χ4n) is 3.56. The van der Waals surface area contributed by atoms with Crippen molar-refractivity contribution in [3.05, 3.63) is 64.5 Å². The highest BCUT2D eigenvalue weighted by Crippen LogP contribution is 2.26. The molecule has 0 aliphatic carbocycles. The van der Waals surface area contributed by atoms with Crippen molar-refractivity contribution < 1.29 is 18.7 Å².